The Hall–Kier alpha value is -0.560. The molecule has 0 saturated carbocycles. The first kappa shape index (κ1) is 9.53. The molecule has 0 aliphatic rings. The SMILES string of the molecule is CC(C)/C=C(\Br)c1ccccc1. The molecule has 0 fully saturated rings. The Morgan fingerprint density at radius 2 is 1.83 bits per heavy atom. The standard InChI is InChI=1S/C11H13Br/c1-9(2)8-11(12)10-6-4-3-5-7-10/h3-9H,1-2H3/b11-8-. The first-order valence-corrected chi connectivity index (χ1v) is 4.92. The Kier molecular flexibility index (Phi) is 3.54. The molecule has 0 N–H and O–H groups in total. The Labute approximate surface area is 82.4 Å². The number of allylic oxidation sites excluding steroid dienone is 1. The van der Waals surface area contributed by atoms with Gasteiger partial charge in [0.25, 0.3) is 0 Å². The summed E-state index contributed by atoms with van der Waals surface area (Å²) in [6, 6.07) is 10.3. The molecule has 1 aromatic carbocycles. The highest BCUT2D eigenvalue weighted by Crippen LogP contribution is 2.22. The molecule has 0 aromatic heterocycles. The molecule has 0 radical (unpaired) electrons. The molecule has 0 unspecified atom stereocenters. The molecule has 1 rings (SSSR count). The number of rotatable bonds is 2. The third-order valence-corrected chi connectivity index (χ3v) is 2.25. The molecule has 1 heteroatoms. The smallest absolute Gasteiger partial charge is 0.0210 e. The molecule has 0 aliphatic heterocycles. The molecule has 0 heterocycles. The summed E-state index contributed by atoms with van der Waals surface area (Å²) in [5.74, 6) is 0.583. The Morgan fingerprint density at radius 1 is 1.25 bits per heavy atom. The normalized spacial score (nSPS) is 12.2. The largest absolute Gasteiger partial charge is 0.0671 e. The van der Waals surface area contributed by atoms with Gasteiger partial charge in [-0.3, -0.25) is 0 Å². The number of hydrogen-bond acceptors (Lipinski definition) is 0. The topological polar surface area (TPSA) is 0 Å². The lowest BCUT2D eigenvalue weighted by Crippen LogP contribution is -1.81. The average molecular weight is 225 g/mol. The molecule has 0 bridgehead atoms. The van der Waals surface area contributed by atoms with Gasteiger partial charge in [0.2, 0.25) is 0 Å². The third-order valence-electron chi connectivity index (χ3n) is 1.53. The van der Waals surface area contributed by atoms with E-state index in [9.17, 15) is 0 Å². The van der Waals surface area contributed by atoms with Crippen molar-refractivity contribution in [2.75, 3.05) is 0 Å². The number of benzene rings is 1. The minimum atomic E-state index is 0.583. The van der Waals surface area contributed by atoms with Gasteiger partial charge >= 0.3 is 0 Å². The number of hydrogen-bond donors (Lipinski definition) is 0. The third kappa shape index (κ3) is 2.82. The zero-order chi connectivity index (χ0) is 8.97. The zero-order valence-electron chi connectivity index (χ0n) is 7.42. The molecule has 0 spiro atoms. The van der Waals surface area contributed by atoms with Crippen molar-refractivity contribution in [1.82, 2.24) is 0 Å². The van der Waals surface area contributed by atoms with Crippen LogP contribution in [-0.2, 0) is 0 Å². The average Bonchev–Trinajstić information content (AvgIpc) is 2.05. The van der Waals surface area contributed by atoms with E-state index in [1.807, 2.05) is 18.2 Å². The summed E-state index contributed by atoms with van der Waals surface area (Å²) in [5.41, 5.74) is 1.24. The highest BCUT2D eigenvalue weighted by Gasteiger charge is 1.96. The molecule has 12 heavy (non-hydrogen) atoms. The van der Waals surface area contributed by atoms with Crippen LogP contribution in [0.5, 0.6) is 0 Å². The van der Waals surface area contributed by atoms with Gasteiger partial charge in [-0.15, -0.1) is 0 Å². The lowest BCUT2D eigenvalue weighted by molar-refractivity contribution is 0.836. The van der Waals surface area contributed by atoms with Crippen molar-refractivity contribution >= 4 is 20.4 Å². The predicted molar refractivity (Wildman–Crippen MR) is 58.2 cm³/mol. The van der Waals surface area contributed by atoms with Crippen LogP contribution in [0.1, 0.15) is 19.4 Å². The van der Waals surface area contributed by atoms with Crippen LogP contribution >= 0.6 is 15.9 Å². The summed E-state index contributed by atoms with van der Waals surface area (Å²) in [6.45, 7) is 4.34. The van der Waals surface area contributed by atoms with E-state index < -0.39 is 0 Å². The molecule has 0 amide bonds. The zero-order valence-corrected chi connectivity index (χ0v) is 9.01. The van der Waals surface area contributed by atoms with Gasteiger partial charge in [-0.25, -0.2) is 0 Å². The van der Waals surface area contributed by atoms with Crippen LogP contribution < -0.4 is 0 Å². The van der Waals surface area contributed by atoms with E-state index in [-0.39, 0.29) is 0 Å². The lowest BCUT2D eigenvalue weighted by atomic mass is 10.1. The van der Waals surface area contributed by atoms with Gasteiger partial charge in [-0.05, 0) is 11.5 Å². The van der Waals surface area contributed by atoms with Gasteiger partial charge in [0.15, 0.2) is 0 Å². The summed E-state index contributed by atoms with van der Waals surface area (Å²) in [7, 11) is 0. The van der Waals surface area contributed by atoms with E-state index in [1.54, 1.807) is 0 Å². The van der Waals surface area contributed by atoms with Crippen molar-refractivity contribution in [2.24, 2.45) is 5.92 Å². The van der Waals surface area contributed by atoms with Crippen LogP contribution in [0.15, 0.2) is 36.4 Å². The van der Waals surface area contributed by atoms with Crippen LogP contribution in [-0.4, -0.2) is 0 Å². The van der Waals surface area contributed by atoms with E-state index in [0.717, 1.165) is 0 Å². The summed E-state index contributed by atoms with van der Waals surface area (Å²) >= 11 is 3.55. The molecule has 1 aromatic rings. The second-order valence-electron chi connectivity index (χ2n) is 3.12. The first-order valence-electron chi connectivity index (χ1n) is 4.13. The van der Waals surface area contributed by atoms with E-state index in [0.29, 0.717) is 5.92 Å². The van der Waals surface area contributed by atoms with Crippen molar-refractivity contribution in [2.45, 2.75) is 13.8 Å². The fourth-order valence-corrected chi connectivity index (χ4v) is 1.78. The van der Waals surface area contributed by atoms with E-state index in [4.69, 9.17) is 0 Å². The van der Waals surface area contributed by atoms with Gasteiger partial charge < -0.3 is 0 Å². The maximum atomic E-state index is 3.55. The van der Waals surface area contributed by atoms with Crippen molar-refractivity contribution in [3.8, 4) is 0 Å². The molecular weight excluding hydrogens is 212 g/mol. The second-order valence-corrected chi connectivity index (χ2v) is 3.98. The molecule has 0 saturated heterocycles. The van der Waals surface area contributed by atoms with Gasteiger partial charge in [0.1, 0.15) is 0 Å². The van der Waals surface area contributed by atoms with Crippen LogP contribution in [0, 0.1) is 5.92 Å². The van der Waals surface area contributed by atoms with Crippen molar-refractivity contribution in [3.63, 3.8) is 0 Å². The van der Waals surface area contributed by atoms with Gasteiger partial charge in [-0.2, -0.15) is 0 Å². The van der Waals surface area contributed by atoms with Gasteiger partial charge in [0.05, 0.1) is 0 Å². The highest BCUT2D eigenvalue weighted by molar-refractivity contribution is 9.15. The highest BCUT2D eigenvalue weighted by atomic mass is 79.9. The van der Waals surface area contributed by atoms with Crippen LogP contribution in [0.25, 0.3) is 4.48 Å². The fraction of sp³-hybridized carbons (Fsp3) is 0.273. The monoisotopic (exact) mass is 224 g/mol. The van der Waals surface area contributed by atoms with Crippen LogP contribution in [0.4, 0.5) is 0 Å². The lowest BCUT2D eigenvalue weighted by Gasteiger charge is -2.00. The van der Waals surface area contributed by atoms with Crippen molar-refractivity contribution in [3.05, 3.63) is 42.0 Å². The first-order chi connectivity index (χ1) is 5.70. The quantitative estimate of drug-likeness (QED) is 0.711. The van der Waals surface area contributed by atoms with E-state index >= 15 is 0 Å². The maximum Gasteiger partial charge on any atom is 0.0210 e. The minimum Gasteiger partial charge on any atom is -0.0671 e. The van der Waals surface area contributed by atoms with Crippen molar-refractivity contribution < 1.29 is 0 Å². The molecule has 0 nitrogen and oxygen atoms in total. The minimum absolute atomic E-state index is 0.583. The summed E-state index contributed by atoms with van der Waals surface area (Å²) in [6.07, 6.45) is 2.20. The van der Waals surface area contributed by atoms with E-state index in [2.05, 4.69) is 48.0 Å². The summed E-state index contributed by atoms with van der Waals surface area (Å²) in [5, 5.41) is 0. The van der Waals surface area contributed by atoms with E-state index in [1.165, 1.54) is 10.0 Å². The molecule has 64 valence electrons. The van der Waals surface area contributed by atoms with Crippen LogP contribution in [0.2, 0.25) is 0 Å². The van der Waals surface area contributed by atoms with Gasteiger partial charge in [-0.1, -0.05) is 66.2 Å². The second kappa shape index (κ2) is 4.46. The Balaban J connectivity index is 2.85. The number of halogens is 1. The summed E-state index contributed by atoms with van der Waals surface area (Å²) in [4.78, 5) is 0. The Morgan fingerprint density at radius 3 is 2.33 bits per heavy atom. The molecular formula is C11H13Br. The molecule has 0 atom stereocenters. The maximum absolute atomic E-state index is 3.55. The van der Waals surface area contributed by atoms with Gasteiger partial charge in [0, 0.05) is 4.48 Å². The molecule has 0 aliphatic carbocycles. The summed E-state index contributed by atoms with van der Waals surface area (Å²) < 4.78 is 1.18. The fourth-order valence-electron chi connectivity index (χ4n) is 0.986. The van der Waals surface area contributed by atoms with Crippen molar-refractivity contribution in [1.29, 1.82) is 0 Å². The predicted octanol–water partition coefficient (Wildman–Crippen LogP) is 4.08. The Bertz CT molecular complexity index is 260. The van der Waals surface area contributed by atoms with Crippen LogP contribution in [0.3, 0.4) is 0 Å².